The van der Waals surface area contributed by atoms with Crippen molar-refractivity contribution < 1.29 is 18.3 Å². The predicted molar refractivity (Wildman–Crippen MR) is 54.6 cm³/mol. The zero-order chi connectivity index (χ0) is 11.8. The fourth-order valence-corrected chi connectivity index (χ4v) is 1.67. The second kappa shape index (κ2) is 4.14. The zero-order valence-electron chi connectivity index (χ0n) is 8.19. The van der Waals surface area contributed by atoms with Crippen LogP contribution in [0.1, 0.15) is 22.8 Å². The number of hydrogen-bond acceptors (Lipinski definition) is 1. The van der Waals surface area contributed by atoms with Crippen LogP contribution in [-0.4, -0.2) is 11.3 Å². The smallest absolute Gasteiger partial charge is 0.379 e. The van der Waals surface area contributed by atoms with Gasteiger partial charge in [0.05, 0.1) is 0 Å². The number of aryl methyl sites for hydroxylation is 1. The topological polar surface area (TPSA) is 20.2 Å². The van der Waals surface area contributed by atoms with Gasteiger partial charge in [-0.15, -0.1) is 0 Å². The van der Waals surface area contributed by atoms with Crippen molar-refractivity contribution >= 4 is 15.9 Å². The highest BCUT2D eigenvalue weighted by Crippen LogP contribution is 2.36. The second-order valence-electron chi connectivity index (χ2n) is 3.35. The molecule has 0 amide bonds. The van der Waals surface area contributed by atoms with Crippen molar-refractivity contribution in [1.29, 1.82) is 0 Å². The van der Waals surface area contributed by atoms with E-state index in [0.717, 1.165) is 5.56 Å². The molecule has 84 valence electrons. The fraction of sp³-hybridized carbons (Fsp3) is 0.400. The highest BCUT2D eigenvalue weighted by Gasteiger charge is 2.40. The van der Waals surface area contributed by atoms with Crippen molar-refractivity contribution in [3.63, 3.8) is 0 Å². The lowest BCUT2D eigenvalue weighted by Gasteiger charge is -2.18. The van der Waals surface area contributed by atoms with Gasteiger partial charge in [0.1, 0.15) is 0 Å². The van der Waals surface area contributed by atoms with Crippen molar-refractivity contribution in [2.45, 2.75) is 26.1 Å². The van der Waals surface area contributed by atoms with Gasteiger partial charge in [-0.3, -0.25) is 0 Å². The molecule has 1 nitrogen and oxygen atoms in total. The molecule has 0 bridgehead atoms. The van der Waals surface area contributed by atoms with Gasteiger partial charge in [0.15, 0.2) is 6.10 Å². The van der Waals surface area contributed by atoms with Gasteiger partial charge in [0.25, 0.3) is 0 Å². The molecule has 0 radical (unpaired) electrons. The van der Waals surface area contributed by atoms with Gasteiger partial charge in [-0.1, -0.05) is 28.1 Å². The van der Waals surface area contributed by atoms with E-state index in [9.17, 15) is 13.2 Å². The molecule has 0 heterocycles. The Hall–Kier alpha value is -0.550. The maximum atomic E-state index is 12.3. The highest BCUT2D eigenvalue weighted by molar-refractivity contribution is 9.10. The molecule has 0 fully saturated rings. The summed E-state index contributed by atoms with van der Waals surface area (Å²) in [5, 5.41) is 9.11. The third-order valence-corrected chi connectivity index (χ3v) is 3.45. The lowest BCUT2D eigenvalue weighted by Crippen LogP contribution is -2.21. The van der Waals surface area contributed by atoms with Gasteiger partial charge in [-0.25, -0.2) is 0 Å². The summed E-state index contributed by atoms with van der Waals surface area (Å²) in [5.74, 6) is 0. The summed E-state index contributed by atoms with van der Waals surface area (Å²) >= 11 is 3.19. The molecule has 0 saturated heterocycles. The maximum Gasteiger partial charge on any atom is 0.418 e. The van der Waals surface area contributed by atoms with E-state index in [2.05, 4.69) is 15.9 Å². The highest BCUT2D eigenvalue weighted by atomic mass is 79.9. The zero-order valence-corrected chi connectivity index (χ0v) is 9.78. The lowest BCUT2D eigenvalue weighted by atomic mass is 10.0. The molecule has 0 aliphatic heterocycles. The number of aliphatic hydroxyl groups excluding tert-OH is 1. The minimum absolute atomic E-state index is 0.111. The Morgan fingerprint density at radius 3 is 2.27 bits per heavy atom. The van der Waals surface area contributed by atoms with Crippen LogP contribution in [0.25, 0.3) is 0 Å². The minimum Gasteiger partial charge on any atom is -0.379 e. The summed E-state index contributed by atoms with van der Waals surface area (Å²) < 4.78 is 37.4. The number of benzene rings is 1. The molecule has 1 aromatic carbocycles. The Bertz CT molecular complexity index is 374. The largest absolute Gasteiger partial charge is 0.418 e. The molecule has 1 rings (SSSR count). The van der Waals surface area contributed by atoms with Crippen LogP contribution in [0.2, 0.25) is 0 Å². The number of hydrogen-bond donors (Lipinski definition) is 1. The van der Waals surface area contributed by atoms with Gasteiger partial charge in [-0.2, -0.15) is 13.2 Å². The van der Waals surface area contributed by atoms with Crippen molar-refractivity contribution in [2.24, 2.45) is 0 Å². The first-order chi connectivity index (χ1) is 6.75. The molecule has 0 aromatic heterocycles. The van der Waals surface area contributed by atoms with Crippen molar-refractivity contribution in [1.82, 2.24) is 0 Å². The van der Waals surface area contributed by atoms with E-state index >= 15 is 0 Å². The van der Waals surface area contributed by atoms with Crippen LogP contribution in [0, 0.1) is 13.8 Å². The summed E-state index contributed by atoms with van der Waals surface area (Å²) in [6.45, 7) is 3.32. The molecule has 1 aromatic rings. The normalized spacial score (nSPS) is 14.1. The van der Waals surface area contributed by atoms with Crippen LogP contribution in [0.15, 0.2) is 16.6 Å². The molecule has 0 saturated carbocycles. The van der Waals surface area contributed by atoms with Crippen LogP contribution in [0.5, 0.6) is 0 Å². The van der Waals surface area contributed by atoms with Crippen molar-refractivity contribution in [3.8, 4) is 0 Å². The molecule has 0 unspecified atom stereocenters. The maximum absolute atomic E-state index is 12.3. The first kappa shape index (κ1) is 12.5. The van der Waals surface area contributed by atoms with E-state index in [1.54, 1.807) is 19.9 Å². The van der Waals surface area contributed by atoms with E-state index in [-0.39, 0.29) is 5.56 Å². The van der Waals surface area contributed by atoms with Crippen molar-refractivity contribution in [3.05, 3.63) is 33.3 Å². The Kier molecular flexibility index (Phi) is 3.45. The average Bonchev–Trinajstić information content (AvgIpc) is 2.12. The molecule has 0 aliphatic carbocycles. The van der Waals surface area contributed by atoms with E-state index in [0.29, 0.717) is 10.0 Å². The Balaban J connectivity index is 3.23. The molecular formula is C10H10BrF3O. The number of halogens is 4. The van der Waals surface area contributed by atoms with Crippen LogP contribution < -0.4 is 0 Å². The van der Waals surface area contributed by atoms with E-state index in [4.69, 9.17) is 5.11 Å². The molecule has 15 heavy (non-hydrogen) atoms. The summed E-state index contributed by atoms with van der Waals surface area (Å²) in [6, 6.07) is 2.84. The van der Waals surface area contributed by atoms with Crippen LogP contribution in [-0.2, 0) is 0 Å². The summed E-state index contributed by atoms with van der Waals surface area (Å²) in [5.41, 5.74) is 1.14. The molecule has 1 atom stereocenters. The van der Waals surface area contributed by atoms with Crippen LogP contribution >= 0.6 is 15.9 Å². The second-order valence-corrected chi connectivity index (χ2v) is 4.15. The van der Waals surface area contributed by atoms with Crippen molar-refractivity contribution in [2.75, 3.05) is 0 Å². The number of alkyl halides is 3. The first-order valence-electron chi connectivity index (χ1n) is 4.25. The molecule has 1 N–H and O–H groups in total. The van der Waals surface area contributed by atoms with Crippen LogP contribution in [0.4, 0.5) is 13.2 Å². The van der Waals surface area contributed by atoms with E-state index in [1.807, 2.05) is 0 Å². The molecule has 5 heteroatoms. The quantitative estimate of drug-likeness (QED) is 0.834. The standard InChI is InChI=1S/C10H10BrF3O/c1-5-3-4-7(6(2)8(5)11)9(15)10(12,13)14/h3-4,9,15H,1-2H3/t9-/m1/s1. The first-order valence-corrected chi connectivity index (χ1v) is 5.05. The fourth-order valence-electron chi connectivity index (χ4n) is 1.31. The third-order valence-electron chi connectivity index (χ3n) is 2.23. The summed E-state index contributed by atoms with van der Waals surface area (Å²) in [7, 11) is 0. The monoisotopic (exact) mass is 282 g/mol. The van der Waals surface area contributed by atoms with Gasteiger partial charge in [0, 0.05) is 4.47 Å². The molecular weight excluding hydrogens is 273 g/mol. The van der Waals surface area contributed by atoms with Crippen LogP contribution in [0.3, 0.4) is 0 Å². The van der Waals surface area contributed by atoms with Gasteiger partial charge < -0.3 is 5.11 Å². The van der Waals surface area contributed by atoms with Gasteiger partial charge >= 0.3 is 6.18 Å². The third kappa shape index (κ3) is 2.52. The molecule has 0 aliphatic rings. The predicted octanol–water partition coefficient (Wildman–Crippen LogP) is 3.66. The average molecular weight is 283 g/mol. The van der Waals surface area contributed by atoms with Gasteiger partial charge in [-0.05, 0) is 30.5 Å². The van der Waals surface area contributed by atoms with E-state index in [1.165, 1.54) is 6.07 Å². The minimum atomic E-state index is -4.63. The van der Waals surface area contributed by atoms with Gasteiger partial charge in [0.2, 0.25) is 0 Å². The van der Waals surface area contributed by atoms with E-state index < -0.39 is 12.3 Å². The SMILES string of the molecule is Cc1ccc([C@@H](O)C(F)(F)F)c(C)c1Br. The number of rotatable bonds is 1. The lowest BCUT2D eigenvalue weighted by molar-refractivity contribution is -0.207. The Labute approximate surface area is 94.0 Å². The number of aliphatic hydroxyl groups is 1. The Morgan fingerprint density at radius 2 is 1.80 bits per heavy atom. The molecule has 0 spiro atoms. The summed E-state index contributed by atoms with van der Waals surface area (Å²) in [4.78, 5) is 0. The summed E-state index contributed by atoms with van der Waals surface area (Å²) in [6.07, 6.45) is -7.05. The Morgan fingerprint density at radius 1 is 1.27 bits per heavy atom.